The second-order valence-electron chi connectivity index (χ2n) is 5.00. The van der Waals surface area contributed by atoms with Crippen LogP contribution in [0.2, 0.25) is 0 Å². The maximum absolute atomic E-state index is 3.68. The Morgan fingerprint density at radius 1 is 0.684 bits per heavy atom. The first kappa shape index (κ1) is 18.0. The van der Waals surface area contributed by atoms with E-state index >= 15 is 0 Å². The maximum atomic E-state index is 3.68. The lowest BCUT2D eigenvalue weighted by Gasteiger charge is -1.98. The van der Waals surface area contributed by atoms with E-state index in [4.69, 9.17) is 0 Å². The molecule has 0 bridgehead atoms. The van der Waals surface area contributed by atoms with Gasteiger partial charge in [-0.25, -0.2) is 0 Å². The minimum Gasteiger partial charge on any atom is -0.103 e. The third-order valence-electron chi connectivity index (χ3n) is 3.10. The lowest BCUT2D eigenvalue weighted by Crippen LogP contribution is -1.78. The molecule has 0 saturated carbocycles. The SMILES string of the molecule is C=CC/C=C\C=C\CC=CCCCCCCCCC. The van der Waals surface area contributed by atoms with Gasteiger partial charge in [0, 0.05) is 0 Å². The highest BCUT2D eigenvalue weighted by Gasteiger charge is 1.88. The number of unbranched alkanes of at least 4 members (excludes halogenated alkanes) is 7. The number of hydrogen-bond donors (Lipinski definition) is 0. The number of hydrogen-bond acceptors (Lipinski definition) is 0. The van der Waals surface area contributed by atoms with Gasteiger partial charge in [-0.15, -0.1) is 6.58 Å². The highest BCUT2D eigenvalue weighted by Crippen LogP contribution is 2.08. The molecular formula is C19H32. The zero-order valence-electron chi connectivity index (χ0n) is 12.8. The molecule has 0 aliphatic carbocycles. The molecule has 0 aliphatic rings. The van der Waals surface area contributed by atoms with E-state index in [1.807, 2.05) is 6.08 Å². The van der Waals surface area contributed by atoms with Crippen LogP contribution in [0.25, 0.3) is 0 Å². The van der Waals surface area contributed by atoms with E-state index in [1.54, 1.807) is 0 Å². The molecule has 0 saturated heterocycles. The molecule has 0 N–H and O–H groups in total. The van der Waals surface area contributed by atoms with Crippen molar-refractivity contribution in [2.75, 3.05) is 0 Å². The van der Waals surface area contributed by atoms with Crippen molar-refractivity contribution in [2.45, 2.75) is 71.1 Å². The summed E-state index contributed by atoms with van der Waals surface area (Å²) in [5, 5.41) is 0. The molecule has 0 rings (SSSR count). The monoisotopic (exact) mass is 260 g/mol. The Kier molecular flexibility index (Phi) is 16.0. The van der Waals surface area contributed by atoms with Crippen LogP contribution in [-0.2, 0) is 0 Å². The topological polar surface area (TPSA) is 0 Å². The van der Waals surface area contributed by atoms with Gasteiger partial charge in [-0.05, 0) is 25.7 Å². The van der Waals surface area contributed by atoms with Crippen LogP contribution in [0.5, 0.6) is 0 Å². The van der Waals surface area contributed by atoms with Crippen molar-refractivity contribution >= 4 is 0 Å². The molecule has 0 radical (unpaired) electrons. The van der Waals surface area contributed by atoms with Crippen molar-refractivity contribution < 1.29 is 0 Å². The van der Waals surface area contributed by atoms with Gasteiger partial charge in [0.15, 0.2) is 0 Å². The van der Waals surface area contributed by atoms with Gasteiger partial charge in [-0.2, -0.15) is 0 Å². The van der Waals surface area contributed by atoms with Crippen LogP contribution in [0.1, 0.15) is 71.1 Å². The van der Waals surface area contributed by atoms with Crippen LogP contribution in [0, 0.1) is 0 Å². The van der Waals surface area contributed by atoms with Gasteiger partial charge in [-0.3, -0.25) is 0 Å². The first-order valence-electron chi connectivity index (χ1n) is 7.99. The standard InChI is InChI=1S/C19H32/c1-3-5-7-9-11-13-15-17-19-18-16-14-12-10-8-6-4-2/h3,7,9,11,13,17,19H,1,4-6,8,10,12,14-16,18H2,2H3/b9-7-,13-11+,19-17?. The Morgan fingerprint density at radius 2 is 1.32 bits per heavy atom. The Hall–Kier alpha value is -1.04. The summed E-state index contributed by atoms with van der Waals surface area (Å²) in [5.41, 5.74) is 0. The Balaban J connectivity index is 3.23. The van der Waals surface area contributed by atoms with Gasteiger partial charge in [0.2, 0.25) is 0 Å². The molecule has 0 nitrogen and oxygen atoms in total. The molecule has 0 unspecified atom stereocenters. The predicted octanol–water partition coefficient (Wildman–Crippen LogP) is 6.76. The number of allylic oxidation sites excluding steroid dienone is 7. The van der Waals surface area contributed by atoms with E-state index in [0.29, 0.717) is 0 Å². The second kappa shape index (κ2) is 17.0. The van der Waals surface area contributed by atoms with Crippen molar-refractivity contribution in [3.63, 3.8) is 0 Å². The van der Waals surface area contributed by atoms with E-state index in [9.17, 15) is 0 Å². The van der Waals surface area contributed by atoms with Gasteiger partial charge in [0.1, 0.15) is 0 Å². The van der Waals surface area contributed by atoms with E-state index in [-0.39, 0.29) is 0 Å². The molecule has 0 aromatic heterocycles. The summed E-state index contributed by atoms with van der Waals surface area (Å²) >= 11 is 0. The fourth-order valence-corrected chi connectivity index (χ4v) is 1.92. The Morgan fingerprint density at radius 3 is 2.00 bits per heavy atom. The molecule has 0 aromatic rings. The molecule has 0 aliphatic heterocycles. The molecule has 19 heavy (non-hydrogen) atoms. The summed E-state index contributed by atoms with van der Waals surface area (Å²) in [6, 6.07) is 0. The first-order chi connectivity index (χ1) is 9.41. The van der Waals surface area contributed by atoms with Crippen LogP contribution in [0.15, 0.2) is 49.1 Å². The third-order valence-corrected chi connectivity index (χ3v) is 3.10. The Bertz CT molecular complexity index is 255. The van der Waals surface area contributed by atoms with Crippen molar-refractivity contribution in [2.24, 2.45) is 0 Å². The van der Waals surface area contributed by atoms with Crippen LogP contribution >= 0.6 is 0 Å². The van der Waals surface area contributed by atoms with Crippen LogP contribution in [0.3, 0.4) is 0 Å². The molecular weight excluding hydrogens is 228 g/mol. The van der Waals surface area contributed by atoms with Gasteiger partial charge < -0.3 is 0 Å². The highest BCUT2D eigenvalue weighted by atomic mass is 13.9. The summed E-state index contributed by atoms with van der Waals surface area (Å²) < 4.78 is 0. The van der Waals surface area contributed by atoms with Gasteiger partial charge in [-0.1, -0.05) is 88.0 Å². The second-order valence-corrected chi connectivity index (χ2v) is 5.00. The lowest BCUT2D eigenvalue weighted by molar-refractivity contribution is 0.592. The first-order valence-corrected chi connectivity index (χ1v) is 7.99. The van der Waals surface area contributed by atoms with Crippen molar-refractivity contribution in [3.8, 4) is 0 Å². The third kappa shape index (κ3) is 17.0. The van der Waals surface area contributed by atoms with Crippen molar-refractivity contribution in [3.05, 3.63) is 49.1 Å². The Labute approximate surface area is 121 Å². The fraction of sp³-hybridized carbons (Fsp3) is 0.579. The minimum absolute atomic E-state index is 0.957. The normalized spacial score (nSPS) is 12.1. The predicted molar refractivity (Wildman–Crippen MR) is 89.5 cm³/mol. The van der Waals surface area contributed by atoms with Crippen LogP contribution in [0.4, 0.5) is 0 Å². The molecule has 0 aromatic carbocycles. The van der Waals surface area contributed by atoms with Gasteiger partial charge in [0.05, 0.1) is 0 Å². The summed E-state index contributed by atoms with van der Waals surface area (Å²) in [5.74, 6) is 0. The highest BCUT2D eigenvalue weighted by molar-refractivity contribution is 5.06. The molecule has 0 amide bonds. The largest absolute Gasteiger partial charge is 0.103 e. The summed E-state index contributed by atoms with van der Waals surface area (Å²) in [7, 11) is 0. The smallest absolute Gasteiger partial charge is 0.0166 e. The summed E-state index contributed by atoms with van der Waals surface area (Å²) in [6.07, 6.45) is 28.1. The van der Waals surface area contributed by atoms with E-state index in [2.05, 4.69) is 50.0 Å². The van der Waals surface area contributed by atoms with Gasteiger partial charge >= 0.3 is 0 Å². The molecule has 0 spiro atoms. The molecule has 0 heterocycles. The molecule has 0 fully saturated rings. The fourth-order valence-electron chi connectivity index (χ4n) is 1.92. The number of rotatable bonds is 13. The summed E-state index contributed by atoms with van der Waals surface area (Å²) in [4.78, 5) is 0. The molecule has 108 valence electrons. The summed E-state index contributed by atoms with van der Waals surface area (Å²) in [6.45, 7) is 5.95. The average Bonchev–Trinajstić information content (AvgIpc) is 2.43. The quantitative estimate of drug-likeness (QED) is 0.195. The lowest BCUT2D eigenvalue weighted by atomic mass is 10.1. The van der Waals surface area contributed by atoms with Crippen molar-refractivity contribution in [1.82, 2.24) is 0 Å². The molecule has 0 heteroatoms. The van der Waals surface area contributed by atoms with Crippen molar-refractivity contribution in [1.29, 1.82) is 0 Å². The minimum atomic E-state index is 0.957. The van der Waals surface area contributed by atoms with E-state index in [1.165, 1.54) is 51.4 Å². The average molecular weight is 260 g/mol. The van der Waals surface area contributed by atoms with Crippen LogP contribution in [-0.4, -0.2) is 0 Å². The zero-order valence-corrected chi connectivity index (χ0v) is 12.8. The van der Waals surface area contributed by atoms with Gasteiger partial charge in [0.25, 0.3) is 0 Å². The molecule has 0 atom stereocenters. The van der Waals surface area contributed by atoms with E-state index in [0.717, 1.165) is 12.8 Å². The van der Waals surface area contributed by atoms with E-state index < -0.39 is 0 Å². The van der Waals surface area contributed by atoms with Crippen LogP contribution < -0.4 is 0 Å². The maximum Gasteiger partial charge on any atom is -0.0166 e. The zero-order chi connectivity index (χ0) is 14.0.